The zero-order chi connectivity index (χ0) is 24.5. The second kappa shape index (κ2) is 9.39. The van der Waals surface area contributed by atoms with Crippen molar-refractivity contribution >= 4 is 39.3 Å². The summed E-state index contributed by atoms with van der Waals surface area (Å²) >= 11 is 2.27. The number of furan rings is 1. The van der Waals surface area contributed by atoms with Gasteiger partial charge in [-0.15, -0.1) is 21.5 Å². The second-order valence-corrected chi connectivity index (χ2v) is 9.44. The number of aromatic carboxylic acids is 1. The number of aryl methyl sites for hydroxylation is 1. The lowest BCUT2D eigenvalue weighted by atomic mass is 10.2. The average Bonchev–Trinajstić information content (AvgIpc) is 3.58. The van der Waals surface area contributed by atoms with Gasteiger partial charge in [0, 0.05) is 0 Å². The van der Waals surface area contributed by atoms with Crippen LogP contribution in [0.5, 0.6) is 5.75 Å². The van der Waals surface area contributed by atoms with E-state index in [1.54, 1.807) is 20.3 Å². The zero-order valence-electron chi connectivity index (χ0n) is 18.6. The van der Waals surface area contributed by atoms with E-state index in [4.69, 9.17) is 9.15 Å². The second-order valence-electron chi connectivity index (χ2n) is 7.50. The highest BCUT2D eigenvalue weighted by Gasteiger charge is 2.20. The number of aromatic amines is 1. The summed E-state index contributed by atoms with van der Waals surface area (Å²) in [7, 11) is 1.60. The highest BCUT2D eigenvalue weighted by molar-refractivity contribution is 7.98. The molecule has 0 aliphatic heterocycles. The van der Waals surface area contributed by atoms with Crippen LogP contribution in [0.25, 0.3) is 21.6 Å². The molecule has 0 aliphatic carbocycles. The van der Waals surface area contributed by atoms with Crippen LogP contribution in [0.1, 0.15) is 26.8 Å². The summed E-state index contributed by atoms with van der Waals surface area (Å²) in [6.07, 6.45) is 1.60. The predicted molar refractivity (Wildman–Crippen MR) is 129 cm³/mol. The molecule has 1 aromatic carbocycles. The van der Waals surface area contributed by atoms with Crippen molar-refractivity contribution in [1.82, 2.24) is 24.7 Å². The fourth-order valence-electron chi connectivity index (χ4n) is 3.71. The maximum absolute atomic E-state index is 12.6. The monoisotopic (exact) mass is 508 g/mol. The van der Waals surface area contributed by atoms with Gasteiger partial charge in [-0.2, -0.15) is 0 Å². The summed E-state index contributed by atoms with van der Waals surface area (Å²) in [6, 6.07) is 11.2. The number of ether oxygens (including phenoxy) is 1. The van der Waals surface area contributed by atoms with Gasteiger partial charge in [0.05, 0.1) is 47.5 Å². The minimum absolute atomic E-state index is 0.00226. The van der Waals surface area contributed by atoms with Crippen LogP contribution in [0.3, 0.4) is 0 Å². The number of H-pyrrole nitrogens is 1. The van der Waals surface area contributed by atoms with E-state index < -0.39 is 11.5 Å². The van der Waals surface area contributed by atoms with Crippen LogP contribution in [0.2, 0.25) is 0 Å². The molecule has 0 unspecified atom stereocenters. The normalized spacial score (nSPS) is 11.3. The largest absolute Gasteiger partial charge is 0.544 e. The molecule has 0 aliphatic rings. The number of carbonyl (C=O) groups is 1. The summed E-state index contributed by atoms with van der Waals surface area (Å²) < 4.78 is 12.9. The quantitative estimate of drug-likeness (QED) is 0.313. The first-order chi connectivity index (χ1) is 17.0. The Morgan fingerprint density at radius 2 is 2.09 bits per heavy atom. The fourth-order valence-corrected chi connectivity index (χ4v) is 5.55. The molecule has 0 saturated heterocycles. The van der Waals surface area contributed by atoms with Crippen molar-refractivity contribution in [1.29, 1.82) is 0 Å². The Hall–Kier alpha value is -3.90. The van der Waals surface area contributed by atoms with Gasteiger partial charge in [-0.1, -0.05) is 23.9 Å². The van der Waals surface area contributed by atoms with E-state index in [0.717, 1.165) is 22.7 Å². The number of para-hydroxylation sites is 1. The molecule has 4 aromatic heterocycles. The predicted octanol–water partition coefficient (Wildman–Crippen LogP) is 2.86. The average molecular weight is 509 g/mol. The molecule has 0 spiro atoms. The van der Waals surface area contributed by atoms with Crippen molar-refractivity contribution in [2.24, 2.45) is 0 Å². The standard InChI is InChI=1S/C23H19N5O5S2/c1-12-17-20(29)24-16(25-21(17)35-18(12)22(30)31)11-34-23-27-26-19(14-7-3-4-8-15(14)32-2)28(23)10-13-6-5-9-33-13/h3-9H,10-11H2,1-2H3,(H,30,31)(H,24,25,29)/p-1. The first kappa shape index (κ1) is 22.9. The minimum Gasteiger partial charge on any atom is -0.544 e. The van der Waals surface area contributed by atoms with E-state index in [9.17, 15) is 14.7 Å². The van der Waals surface area contributed by atoms with Crippen molar-refractivity contribution in [2.45, 2.75) is 24.4 Å². The Labute approximate surface area is 206 Å². The van der Waals surface area contributed by atoms with E-state index in [0.29, 0.717) is 39.5 Å². The Kier molecular flexibility index (Phi) is 6.14. The lowest BCUT2D eigenvalue weighted by molar-refractivity contribution is -0.254. The summed E-state index contributed by atoms with van der Waals surface area (Å²) in [5, 5.41) is 21.0. The number of hydrogen-bond donors (Lipinski definition) is 1. The number of carboxylic acid groups (broad SMARTS) is 1. The molecule has 12 heteroatoms. The van der Waals surface area contributed by atoms with Gasteiger partial charge >= 0.3 is 0 Å². The molecule has 0 fully saturated rings. The van der Waals surface area contributed by atoms with Gasteiger partial charge in [-0.25, -0.2) is 4.98 Å². The molecule has 0 atom stereocenters. The van der Waals surface area contributed by atoms with Crippen LogP contribution < -0.4 is 15.4 Å². The smallest absolute Gasteiger partial charge is 0.259 e. The number of hydrogen-bond acceptors (Lipinski definition) is 10. The van der Waals surface area contributed by atoms with Gasteiger partial charge in [0.25, 0.3) is 5.56 Å². The third-order valence-electron chi connectivity index (χ3n) is 5.33. The van der Waals surface area contributed by atoms with Crippen LogP contribution in [-0.2, 0) is 12.3 Å². The maximum Gasteiger partial charge on any atom is 0.259 e. The van der Waals surface area contributed by atoms with Gasteiger partial charge < -0.3 is 24.0 Å². The molecule has 10 nitrogen and oxygen atoms in total. The number of nitrogens with zero attached hydrogens (tertiary/aromatic N) is 4. The van der Waals surface area contributed by atoms with Crippen LogP contribution in [0.15, 0.2) is 57.0 Å². The molecule has 4 heterocycles. The molecule has 0 radical (unpaired) electrons. The van der Waals surface area contributed by atoms with E-state index in [1.165, 1.54) is 11.8 Å². The molecule has 178 valence electrons. The minimum atomic E-state index is -1.32. The van der Waals surface area contributed by atoms with Crippen molar-refractivity contribution < 1.29 is 19.1 Å². The molecule has 0 bridgehead atoms. The SMILES string of the molecule is COc1ccccc1-c1nnc(SCc2nc3sc(C(=O)[O-])c(C)c3c(=O)[nH]2)n1Cc1ccco1. The number of rotatable bonds is 8. The van der Waals surface area contributed by atoms with E-state index >= 15 is 0 Å². The first-order valence-corrected chi connectivity index (χ1v) is 12.2. The maximum atomic E-state index is 12.6. The van der Waals surface area contributed by atoms with Gasteiger partial charge in [0.15, 0.2) is 11.0 Å². The molecule has 35 heavy (non-hydrogen) atoms. The number of carboxylic acids is 1. The van der Waals surface area contributed by atoms with E-state index in [1.807, 2.05) is 41.0 Å². The number of thiophene rings is 1. The number of nitrogens with one attached hydrogen (secondary N) is 1. The van der Waals surface area contributed by atoms with Gasteiger partial charge in [-0.05, 0) is 36.8 Å². The molecule has 5 aromatic rings. The lowest BCUT2D eigenvalue weighted by Gasteiger charge is -2.11. The van der Waals surface area contributed by atoms with Crippen molar-refractivity contribution in [3.05, 3.63) is 75.0 Å². The molecule has 0 amide bonds. The third kappa shape index (κ3) is 4.33. The summed E-state index contributed by atoms with van der Waals surface area (Å²) in [4.78, 5) is 31.6. The topological polar surface area (TPSA) is 139 Å². The Morgan fingerprint density at radius 1 is 1.26 bits per heavy atom. The summed E-state index contributed by atoms with van der Waals surface area (Å²) in [6.45, 7) is 1.96. The lowest BCUT2D eigenvalue weighted by Crippen LogP contribution is -2.21. The van der Waals surface area contributed by atoms with Crippen molar-refractivity contribution in [3.63, 3.8) is 0 Å². The van der Waals surface area contributed by atoms with E-state index in [2.05, 4.69) is 20.2 Å². The van der Waals surface area contributed by atoms with E-state index in [-0.39, 0.29) is 16.0 Å². The number of thioether (sulfide) groups is 1. The van der Waals surface area contributed by atoms with Crippen molar-refractivity contribution in [3.8, 4) is 17.1 Å². The highest BCUT2D eigenvalue weighted by Crippen LogP contribution is 2.32. The Morgan fingerprint density at radius 3 is 2.83 bits per heavy atom. The van der Waals surface area contributed by atoms with Crippen molar-refractivity contribution in [2.75, 3.05) is 7.11 Å². The Balaban J connectivity index is 1.50. The summed E-state index contributed by atoms with van der Waals surface area (Å²) in [5.74, 6) is 1.34. The molecular weight excluding hydrogens is 490 g/mol. The van der Waals surface area contributed by atoms with Gasteiger partial charge in [-0.3, -0.25) is 9.36 Å². The summed E-state index contributed by atoms with van der Waals surface area (Å²) in [5.41, 5.74) is 0.744. The van der Waals surface area contributed by atoms with Gasteiger partial charge in [0.2, 0.25) is 0 Å². The Bertz CT molecular complexity index is 1590. The van der Waals surface area contributed by atoms with Crippen LogP contribution in [0, 0.1) is 6.92 Å². The fraction of sp³-hybridized carbons (Fsp3) is 0.174. The molecule has 0 saturated carbocycles. The number of fused-ring (bicyclic) bond motifs is 1. The number of aromatic nitrogens is 5. The number of methoxy groups -OCH3 is 1. The number of carbonyl (C=O) groups excluding carboxylic acids is 1. The number of benzene rings is 1. The third-order valence-corrected chi connectivity index (χ3v) is 7.48. The van der Waals surface area contributed by atoms with Gasteiger partial charge in [0.1, 0.15) is 22.2 Å². The highest BCUT2D eigenvalue weighted by atomic mass is 32.2. The zero-order valence-corrected chi connectivity index (χ0v) is 20.2. The molecule has 5 rings (SSSR count). The first-order valence-electron chi connectivity index (χ1n) is 10.4. The van der Waals surface area contributed by atoms with Crippen LogP contribution in [-0.4, -0.2) is 37.8 Å². The van der Waals surface area contributed by atoms with Crippen LogP contribution in [0.4, 0.5) is 0 Å². The molecular formula is C23H18N5O5S2-. The molecule has 1 N–H and O–H groups in total. The van der Waals surface area contributed by atoms with Crippen LogP contribution >= 0.6 is 23.1 Å².